The summed E-state index contributed by atoms with van der Waals surface area (Å²) in [4.78, 5) is 15.0. The summed E-state index contributed by atoms with van der Waals surface area (Å²) < 4.78 is 1.65. The van der Waals surface area contributed by atoms with Gasteiger partial charge < -0.3 is 15.6 Å². The van der Waals surface area contributed by atoms with Crippen LogP contribution < -0.4 is 11.1 Å². The van der Waals surface area contributed by atoms with Crippen molar-refractivity contribution in [3.63, 3.8) is 0 Å². The lowest BCUT2D eigenvalue weighted by Crippen LogP contribution is -2.27. The molecule has 0 spiro atoms. The van der Waals surface area contributed by atoms with Crippen molar-refractivity contribution in [1.82, 2.24) is 14.9 Å². The zero-order valence-corrected chi connectivity index (χ0v) is 7.66. The molecule has 0 fully saturated rings. The largest absolute Gasteiger partial charge is 0.382 e. The molecule has 5 heteroatoms. The van der Waals surface area contributed by atoms with Crippen LogP contribution in [0.4, 0.5) is 5.82 Å². The maximum atomic E-state index is 11.2. The first kappa shape index (κ1) is 9.57. The molecule has 0 radical (unpaired) electrons. The third-order valence-electron chi connectivity index (χ3n) is 1.55. The summed E-state index contributed by atoms with van der Waals surface area (Å²) in [6, 6.07) is 0. The van der Waals surface area contributed by atoms with Crippen molar-refractivity contribution in [2.45, 2.75) is 19.9 Å². The van der Waals surface area contributed by atoms with E-state index in [4.69, 9.17) is 5.73 Å². The number of carbonyl (C=O) groups excluding carboxylic acids is 1. The lowest BCUT2D eigenvalue weighted by molar-refractivity contribution is -0.121. The first-order valence-corrected chi connectivity index (χ1v) is 4.26. The van der Waals surface area contributed by atoms with E-state index in [1.54, 1.807) is 17.1 Å². The molecule has 5 nitrogen and oxygen atoms in total. The Morgan fingerprint density at radius 2 is 2.54 bits per heavy atom. The Balaban J connectivity index is 2.36. The maximum absolute atomic E-state index is 11.2. The van der Waals surface area contributed by atoms with E-state index in [1.807, 2.05) is 6.92 Å². The summed E-state index contributed by atoms with van der Waals surface area (Å²) in [5.74, 6) is 0.419. The van der Waals surface area contributed by atoms with Gasteiger partial charge in [0.25, 0.3) is 0 Å². The SMILES string of the molecule is CCCNC(=O)Cn1cnc(N)c1. The molecule has 0 atom stereocenters. The topological polar surface area (TPSA) is 72.9 Å². The lowest BCUT2D eigenvalue weighted by Gasteiger charge is -2.02. The molecule has 72 valence electrons. The molecule has 1 amide bonds. The molecule has 0 saturated heterocycles. The van der Waals surface area contributed by atoms with Crippen molar-refractivity contribution in [3.8, 4) is 0 Å². The average Bonchev–Trinajstić information content (AvgIpc) is 2.48. The highest BCUT2D eigenvalue weighted by Gasteiger charge is 2.01. The Morgan fingerprint density at radius 3 is 3.08 bits per heavy atom. The molecule has 13 heavy (non-hydrogen) atoms. The van der Waals surface area contributed by atoms with Crippen LogP contribution in [0.2, 0.25) is 0 Å². The highest BCUT2D eigenvalue weighted by Crippen LogP contribution is 1.95. The highest BCUT2D eigenvalue weighted by molar-refractivity contribution is 5.75. The van der Waals surface area contributed by atoms with E-state index in [0.717, 1.165) is 6.42 Å². The van der Waals surface area contributed by atoms with Gasteiger partial charge in [-0.25, -0.2) is 4.98 Å². The zero-order chi connectivity index (χ0) is 9.68. The summed E-state index contributed by atoms with van der Waals surface area (Å²) in [5.41, 5.74) is 5.39. The number of hydrogen-bond donors (Lipinski definition) is 2. The van der Waals surface area contributed by atoms with Crippen molar-refractivity contribution in [2.24, 2.45) is 0 Å². The molecule has 0 bridgehead atoms. The Hall–Kier alpha value is -1.52. The molecule has 0 aliphatic rings. The van der Waals surface area contributed by atoms with E-state index in [1.165, 1.54) is 0 Å². The molecule has 0 aromatic carbocycles. The minimum atomic E-state index is -0.0146. The van der Waals surface area contributed by atoms with Crippen molar-refractivity contribution in [1.29, 1.82) is 0 Å². The Bertz CT molecular complexity index is 281. The zero-order valence-electron chi connectivity index (χ0n) is 7.66. The second-order valence-electron chi connectivity index (χ2n) is 2.82. The number of aromatic nitrogens is 2. The fraction of sp³-hybridized carbons (Fsp3) is 0.500. The number of nitrogen functional groups attached to an aromatic ring is 1. The molecule has 3 N–H and O–H groups in total. The van der Waals surface area contributed by atoms with Crippen molar-refractivity contribution in [3.05, 3.63) is 12.5 Å². The fourth-order valence-electron chi connectivity index (χ4n) is 0.950. The third-order valence-corrected chi connectivity index (χ3v) is 1.55. The Labute approximate surface area is 76.9 Å². The molecule has 0 unspecified atom stereocenters. The molecular formula is C8H14N4O. The standard InChI is InChI=1S/C8H14N4O/c1-2-3-10-8(13)5-12-4-7(9)11-6-12/h4,6H,2-3,5,9H2,1H3,(H,10,13). The van der Waals surface area contributed by atoms with Gasteiger partial charge in [0.2, 0.25) is 5.91 Å². The molecule has 0 aliphatic heterocycles. The van der Waals surface area contributed by atoms with E-state index in [2.05, 4.69) is 10.3 Å². The molecule has 1 heterocycles. The maximum Gasteiger partial charge on any atom is 0.239 e. The predicted octanol–water partition coefficient (Wildman–Crippen LogP) is -0.00850. The molecule has 0 aliphatic carbocycles. The average molecular weight is 182 g/mol. The van der Waals surface area contributed by atoms with Crippen LogP contribution in [0.1, 0.15) is 13.3 Å². The minimum Gasteiger partial charge on any atom is -0.382 e. The quantitative estimate of drug-likeness (QED) is 0.688. The van der Waals surface area contributed by atoms with Gasteiger partial charge in [-0.15, -0.1) is 0 Å². The van der Waals surface area contributed by atoms with E-state index >= 15 is 0 Å². The van der Waals surface area contributed by atoms with Crippen LogP contribution in [0.3, 0.4) is 0 Å². The molecule has 1 aromatic rings. The van der Waals surface area contributed by atoms with Gasteiger partial charge in [0.05, 0.1) is 6.33 Å². The first-order chi connectivity index (χ1) is 6.22. The number of carbonyl (C=O) groups is 1. The van der Waals surface area contributed by atoms with E-state index < -0.39 is 0 Å². The highest BCUT2D eigenvalue weighted by atomic mass is 16.1. The van der Waals surface area contributed by atoms with Crippen molar-refractivity contribution in [2.75, 3.05) is 12.3 Å². The number of nitrogens with zero attached hydrogens (tertiary/aromatic N) is 2. The Kier molecular flexibility index (Phi) is 3.31. The second kappa shape index (κ2) is 4.49. The number of amides is 1. The van der Waals surface area contributed by atoms with Crippen LogP contribution in [0.5, 0.6) is 0 Å². The summed E-state index contributed by atoms with van der Waals surface area (Å²) in [5, 5.41) is 2.76. The normalized spacial score (nSPS) is 9.92. The van der Waals surface area contributed by atoms with Gasteiger partial charge in [0, 0.05) is 12.7 Å². The van der Waals surface area contributed by atoms with Gasteiger partial charge in [0.15, 0.2) is 0 Å². The molecule has 1 aromatic heterocycles. The van der Waals surface area contributed by atoms with Gasteiger partial charge >= 0.3 is 0 Å². The minimum absolute atomic E-state index is 0.0146. The number of imidazole rings is 1. The number of anilines is 1. The number of rotatable bonds is 4. The van der Waals surface area contributed by atoms with Gasteiger partial charge in [-0.3, -0.25) is 4.79 Å². The van der Waals surface area contributed by atoms with Gasteiger partial charge in [-0.2, -0.15) is 0 Å². The van der Waals surface area contributed by atoms with Crippen LogP contribution in [-0.2, 0) is 11.3 Å². The number of nitrogens with one attached hydrogen (secondary N) is 1. The molecular weight excluding hydrogens is 168 g/mol. The fourth-order valence-corrected chi connectivity index (χ4v) is 0.950. The molecule has 0 saturated carbocycles. The van der Waals surface area contributed by atoms with Gasteiger partial charge in [0.1, 0.15) is 12.4 Å². The van der Waals surface area contributed by atoms with Crippen molar-refractivity contribution >= 4 is 11.7 Å². The second-order valence-corrected chi connectivity index (χ2v) is 2.82. The van der Waals surface area contributed by atoms with Crippen LogP contribution in [0, 0.1) is 0 Å². The summed E-state index contributed by atoms with van der Waals surface area (Å²) in [7, 11) is 0. The predicted molar refractivity (Wildman–Crippen MR) is 49.9 cm³/mol. The van der Waals surface area contributed by atoms with Crippen LogP contribution in [0.15, 0.2) is 12.5 Å². The Morgan fingerprint density at radius 1 is 1.77 bits per heavy atom. The van der Waals surface area contributed by atoms with Crippen LogP contribution >= 0.6 is 0 Å². The lowest BCUT2D eigenvalue weighted by atomic mass is 10.4. The smallest absolute Gasteiger partial charge is 0.239 e. The van der Waals surface area contributed by atoms with Gasteiger partial charge in [-0.1, -0.05) is 6.92 Å². The van der Waals surface area contributed by atoms with Crippen LogP contribution in [-0.4, -0.2) is 22.0 Å². The van der Waals surface area contributed by atoms with E-state index in [-0.39, 0.29) is 12.5 Å². The summed E-state index contributed by atoms with van der Waals surface area (Å²) >= 11 is 0. The summed E-state index contributed by atoms with van der Waals surface area (Å²) in [6.45, 7) is 3.00. The van der Waals surface area contributed by atoms with E-state index in [0.29, 0.717) is 12.4 Å². The summed E-state index contributed by atoms with van der Waals surface area (Å²) in [6.07, 6.45) is 4.12. The molecule has 1 rings (SSSR count). The van der Waals surface area contributed by atoms with Gasteiger partial charge in [-0.05, 0) is 6.42 Å². The third kappa shape index (κ3) is 3.14. The number of hydrogen-bond acceptors (Lipinski definition) is 3. The number of nitrogens with two attached hydrogens (primary N) is 1. The van der Waals surface area contributed by atoms with E-state index in [9.17, 15) is 4.79 Å². The van der Waals surface area contributed by atoms with Crippen LogP contribution in [0.25, 0.3) is 0 Å². The first-order valence-electron chi connectivity index (χ1n) is 4.26. The monoisotopic (exact) mass is 182 g/mol. The van der Waals surface area contributed by atoms with Crippen molar-refractivity contribution < 1.29 is 4.79 Å².